The standard InChI is InChI=1S/C19H21N3S/c1-16(14-18-10-6-3-7-11-18)15-21-22-19(23)20-13-12-17-8-4-2-5-9-17/h2-11,14-15H,12-13H2,1H3,(H2,20,22,23)/b16-14-,21-15+. The quantitative estimate of drug-likeness (QED) is 0.482. The largest absolute Gasteiger partial charge is 0.361 e. The summed E-state index contributed by atoms with van der Waals surface area (Å²) in [5, 5.41) is 7.82. The molecule has 0 aliphatic rings. The van der Waals surface area contributed by atoms with Crippen molar-refractivity contribution < 1.29 is 0 Å². The maximum Gasteiger partial charge on any atom is 0.186 e. The molecule has 2 N–H and O–H groups in total. The van der Waals surface area contributed by atoms with Gasteiger partial charge in [-0.2, -0.15) is 5.10 Å². The number of allylic oxidation sites excluding steroid dienone is 1. The second kappa shape index (κ2) is 9.54. The summed E-state index contributed by atoms with van der Waals surface area (Å²) in [5.74, 6) is 0. The van der Waals surface area contributed by atoms with E-state index >= 15 is 0 Å². The monoisotopic (exact) mass is 323 g/mol. The third-order valence-electron chi connectivity index (χ3n) is 3.17. The lowest BCUT2D eigenvalue weighted by Gasteiger charge is -2.06. The van der Waals surface area contributed by atoms with E-state index in [2.05, 4.69) is 46.2 Å². The summed E-state index contributed by atoms with van der Waals surface area (Å²) in [5.41, 5.74) is 6.32. The lowest BCUT2D eigenvalue weighted by Crippen LogP contribution is -2.33. The molecule has 0 atom stereocenters. The van der Waals surface area contributed by atoms with Crippen molar-refractivity contribution >= 4 is 29.6 Å². The van der Waals surface area contributed by atoms with Crippen molar-refractivity contribution in [1.82, 2.24) is 10.7 Å². The molecule has 0 spiro atoms. The van der Waals surface area contributed by atoms with Crippen LogP contribution in [0, 0.1) is 0 Å². The van der Waals surface area contributed by atoms with Gasteiger partial charge in [0.25, 0.3) is 0 Å². The first-order chi connectivity index (χ1) is 11.2. The average Bonchev–Trinajstić information content (AvgIpc) is 2.57. The highest BCUT2D eigenvalue weighted by Crippen LogP contribution is 2.04. The number of nitrogens with zero attached hydrogens (tertiary/aromatic N) is 1. The van der Waals surface area contributed by atoms with Crippen LogP contribution >= 0.6 is 12.2 Å². The van der Waals surface area contributed by atoms with Gasteiger partial charge in [0.05, 0.1) is 6.21 Å². The molecule has 2 aromatic carbocycles. The third kappa shape index (κ3) is 6.89. The maximum absolute atomic E-state index is 5.20. The van der Waals surface area contributed by atoms with Crippen LogP contribution in [0.5, 0.6) is 0 Å². The maximum atomic E-state index is 5.20. The molecule has 0 radical (unpaired) electrons. The first kappa shape index (κ1) is 16.9. The van der Waals surface area contributed by atoms with Crippen molar-refractivity contribution in [3.05, 3.63) is 77.4 Å². The molecular weight excluding hydrogens is 302 g/mol. The molecule has 118 valence electrons. The highest BCUT2D eigenvalue weighted by molar-refractivity contribution is 7.80. The zero-order chi connectivity index (χ0) is 16.3. The Labute approximate surface area is 143 Å². The number of nitrogens with one attached hydrogen (secondary N) is 2. The van der Waals surface area contributed by atoms with Crippen LogP contribution in [0.15, 0.2) is 71.3 Å². The fourth-order valence-electron chi connectivity index (χ4n) is 2.05. The van der Waals surface area contributed by atoms with Gasteiger partial charge < -0.3 is 5.32 Å². The molecule has 0 unspecified atom stereocenters. The van der Waals surface area contributed by atoms with Crippen LogP contribution in [-0.4, -0.2) is 17.9 Å². The Kier molecular flexibility index (Phi) is 7.01. The minimum Gasteiger partial charge on any atom is -0.361 e. The predicted octanol–water partition coefficient (Wildman–Crippen LogP) is 3.78. The highest BCUT2D eigenvalue weighted by atomic mass is 32.1. The molecule has 0 aliphatic carbocycles. The van der Waals surface area contributed by atoms with Crippen molar-refractivity contribution in [2.75, 3.05) is 6.54 Å². The van der Waals surface area contributed by atoms with Crippen molar-refractivity contribution in [2.45, 2.75) is 13.3 Å². The first-order valence-corrected chi connectivity index (χ1v) is 7.99. The Balaban J connectivity index is 1.70. The van der Waals surface area contributed by atoms with Crippen LogP contribution in [-0.2, 0) is 6.42 Å². The van der Waals surface area contributed by atoms with Crippen LogP contribution in [0.25, 0.3) is 6.08 Å². The summed E-state index contributed by atoms with van der Waals surface area (Å²) < 4.78 is 0. The number of hydrazone groups is 1. The van der Waals surface area contributed by atoms with Gasteiger partial charge in [-0.1, -0.05) is 66.7 Å². The van der Waals surface area contributed by atoms with Crippen molar-refractivity contribution in [3.8, 4) is 0 Å². The lowest BCUT2D eigenvalue weighted by molar-refractivity contribution is 0.838. The molecule has 2 rings (SSSR count). The Morgan fingerprint density at radius 2 is 1.70 bits per heavy atom. The summed E-state index contributed by atoms with van der Waals surface area (Å²) in [6.45, 7) is 2.79. The van der Waals surface area contributed by atoms with Crippen molar-refractivity contribution in [3.63, 3.8) is 0 Å². The predicted molar refractivity (Wildman–Crippen MR) is 102 cm³/mol. The van der Waals surface area contributed by atoms with E-state index in [9.17, 15) is 0 Å². The van der Waals surface area contributed by atoms with Gasteiger partial charge in [-0.15, -0.1) is 0 Å². The molecular formula is C19H21N3S. The molecule has 0 amide bonds. The molecule has 2 aromatic rings. The van der Waals surface area contributed by atoms with E-state index in [1.165, 1.54) is 5.56 Å². The Morgan fingerprint density at radius 1 is 1.04 bits per heavy atom. The van der Waals surface area contributed by atoms with Gasteiger partial charge in [0.1, 0.15) is 0 Å². The topological polar surface area (TPSA) is 36.4 Å². The molecule has 23 heavy (non-hydrogen) atoms. The van der Waals surface area contributed by atoms with Crippen molar-refractivity contribution in [1.29, 1.82) is 0 Å². The van der Waals surface area contributed by atoms with Crippen LogP contribution in [0.2, 0.25) is 0 Å². The lowest BCUT2D eigenvalue weighted by atomic mass is 10.1. The molecule has 3 nitrogen and oxygen atoms in total. The van der Waals surface area contributed by atoms with E-state index in [1.54, 1.807) is 6.21 Å². The fraction of sp³-hybridized carbons (Fsp3) is 0.158. The average molecular weight is 323 g/mol. The van der Waals surface area contributed by atoms with Crippen LogP contribution in [0.1, 0.15) is 18.1 Å². The second-order valence-electron chi connectivity index (χ2n) is 5.16. The van der Waals surface area contributed by atoms with Crippen LogP contribution < -0.4 is 10.7 Å². The molecule has 0 heterocycles. The van der Waals surface area contributed by atoms with E-state index in [4.69, 9.17) is 12.2 Å². The van der Waals surface area contributed by atoms with E-state index in [0.717, 1.165) is 24.1 Å². The summed E-state index contributed by atoms with van der Waals surface area (Å²) in [6.07, 6.45) is 4.76. The van der Waals surface area contributed by atoms with Gasteiger partial charge in [-0.3, -0.25) is 5.43 Å². The first-order valence-electron chi connectivity index (χ1n) is 7.58. The van der Waals surface area contributed by atoms with Gasteiger partial charge in [0.2, 0.25) is 0 Å². The molecule has 0 bridgehead atoms. The summed E-state index contributed by atoms with van der Waals surface area (Å²) in [4.78, 5) is 0. The van der Waals surface area contributed by atoms with E-state index in [0.29, 0.717) is 5.11 Å². The van der Waals surface area contributed by atoms with Gasteiger partial charge in [0, 0.05) is 6.54 Å². The summed E-state index contributed by atoms with van der Waals surface area (Å²) >= 11 is 5.20. The van der Waals surface area contributed by atoms with E-state index in [1.807, 2.05) is 43.3 Å². The van der Waals surface area contributed by atoms with Crippen molar-refractivity contribution in [2.24, 2.45) is 5.10 Å². The smallest absolute Gasteiger partial charge is 0.186 e. The zero-order valence-electron chi connectivity index (χ0n) is 13.2. The molecule has 0 saturated heterocycles. The summed E-state index contributed by atoms with van der Waals surface area (Å²) in [6, 6.07) is 20.4. The molecule has 0 aromatic heterocycles. The SMILES string of the molecule is CC(=C/c1ccccc1)/C=N/NC(=S)NCCc1ccccc1. The van der Waals surface area contributed by atoms with Crippen LogP contribution in [0.4, 0.5) is 0 Å². The minimum atomic E-state index is 0.532. The van der Waals surface area contributed by atoms with Gasteiger partial charge in [-0.05, 0) is 42.3 Å². The Hall–Kier alpha value is -2.46. The van der Waals surface area contributed by atoms with Gasteiger partial charge >= 0.3 is 0 Å². The zero-order valence-corrected chi connectivity index (χ0v) is 14.0. The molecule has 0 fully saturated rings. The molecule has 4 heteroatoms. The number of thiocarbonyl (C=S) groups is 1. The third-order valence-corrected chi connectivity index (χ3v) is 3.41. The number of hydrogen-bond acceptors (Lipinski definition) is 2. The number of rotatable bonds is 6. The van der Waals surface area contributed by atoms with E-state index < -0.39 is 0 Å². The Bertz CT molecular complexity index is 664. The molecule has 0 saturated carbocycles. The van der Waals surface area contributed by atoms with E-state index in [-0.39, 0.29) is 0 Å². The molecule has 0 aliphatic heterocycles. The normalized spacial score (nSPS) is 11.4. The fourth-order valence-corrected chi connectivity index (χ4v) is 2.20. The summed E-state index contributed by atoms with van der Waals surface area (Å²) in [7, 11) is 0. The number of benzene rings is 2. The Morgan fingerprint density at radius 3 is 2.39 bits per heavy atom. The number of hydrogen-bond donors (Lipinski definition) is 2. The van der Waals surface area contributed by atoms with Gasteiger partial charge in [-0.25, -0.2) is 0 Å². The second-order valence-corrected chi connectivity index (χ2v) is 5.57. The van der Waals surface area contributed by atoms with Crippen LogP contribution in [0.3, 0.4) is 0 Å². The minimum absolute atomic E-state index is 0.532. The highest BCUT2D eigenvalue weighted by Gasteiger charge is 1.94. The van der Waals surface area contributed by atoms with Gasteiger partial charge in [0.15, 0.2) is 5.11 Å².